The molecule has 0 bridgehead atoms. The van der Waals surface area contributed by atoms with Crippen molar-refractivity contribution in [1.82, 2.24) is 9.97 Å². The average Bonchev–Trinajstić information content (AvgIpc) is 2.67. The summed E-state index contributed by atoms with van der Waals surface area (Å²) in [6, 6.07) is 14.8. The van der Waals surface area contributed by atoms with E-state index in [1.807, 2.05) is 32.2 Å². The first kappa shape index (κ1) is 17.6. The molecule has 0 aliphatic carbocycles. The summed E-state index contributed by atoms with van der Waals surface area (Å²) in [7, 11) is 1.88. The van der Waals surface area contributed by atoms with Gasteiger partial charge in [-0.25, -0.2) is 9.97 Å². The minimum absolute atomic E-state index is 0.663. The van der Waals surface area contributed by atoms with E-state index in [9.17, 15) is 0 Å². The predicted molar refractivity (Wildman–Crippen MR) is 112 cm³/mol. The molecule has 0 aliphatic heterocycles. The van der Waals surface area contributed by atoms with Crippen LogP contribution in [0.15, 0.2) is 73.3 Å². The highest BCUT2D eigenvalue weighted by molar-refractivity contribution is 5.93. The van der Waals surface area contributed by atoms with E-state index in [0.29, 0.717) is 5.82 Å². The van der Waals surface area contributed by atoms with Gasteiger partial charge in [0.2, 0.25) is 0 Å². The summed E-state index contributed by atoms with van der Waals surface area (Å²) in [6.07, 6.45) is 7.69. The van der Waals surface area contributed by atoms with E-state index < -0.39 is 0 Å². The maximum atomic E-state index is 4.79. The number of nitrogens with zero attached hydrogens (tertiary/aromatic N) is 2. The Morgan fingerprint density at radius 2 is 1.88 bits per heavy atom. The van der Waals surface area contributed by atoms with E-state index in [2.05, 4.69) is 66.3 Å². The molecule has 3 aromatic rings. The molecule has 26 heavy (non-hydrogen) atoms. The lowest BCUT2D eigenvalue weighted by atomic mass is 10.0. The lowest BCUT2D eigenvalue weighted by molar-refractivity contribution is 1.16. The normalized spacial score (nSPS) is 11.9. The van der Waals surface area contributed by atoms with Gasteiger partial charge in [-0.2, -0.15) is 0 Å². The fourth-order valence-electron chi connectivity index (χ4n) is 2.89. The molecular formula is C23H23N3. The van der Waals surface area contributed by atoms with Crippen LogP contribution in [-0.2, 0) is 0 Å². The number of anilines is 1. The second-order valence-electron chi connectivity index (χ2n) is 6.10. The van der Waals surface area contributed by atoms with E-state index in [-0.39, 0.29) is 0 Å². The van der Waals surface area contributed by atoms with Crippen LogP contribution in [0, 0.1) is 6.92 Å². The molecule has 0 atom stereocenters. The van der Waals surface area contributed by atoms with E-state index in [1.165, 1.54) is 11.1 Å². The van der Waals surface area contributed by atoms with Crippen molar-refractivity contribution in [2.75, 3.05) is 12.4 Å². The molecule has 3 nitrogen and oxygen atoms in total. The molecule has 0 spiro atoms. The molecule has 130 valence electrons. The van der Waals surface area contributed by atoms with Gasteiger partial charge in [-0.3, -0.25) is 0 Å². The van der Waals surface area contributed by atoms with Crippen molar-refractivity contribution in [3.63, 3.8) is 0 Å². The van der Waals surface area contributed by atoms with Gasteiger partial charge in [-0.1, -0.05) is 66.8 Å². The topological polar surface area (TPSA) is 37.8 Å². The van der Waals surface area contributed by atoms with Crippen LogP contribution in [0.3, 0.4) is 0 Å². The maximum absolute atomic E-state index is 4.79. The quantitative estimate of drug-likeness (QED) is 0.597. The Bertz CT molecular complexity index is 1010. The van der Waals surface area contributed by atoms with Gasteiger partial charge in [0.25, 0.3) is 0 Å². The van der Waals surface area contributed by atoms with Gasteiger partial charge in [0.05, 0.1) is 5.52 Å². The largest absolute Gasteiger partial charge is 0.373 e. The standard InChI is InChI=1S/C23H23N3/c1-5-7-10-17(6-2)22-25-21-15-19(18-11-8-9-16(3)14-18)12-13-20(21)23(24-4)26-22/h5-15H,2H2,1,3-4H3,(H,24,25,26)/b7-5-,17-10+. The lowest BCUT2D eigenvalue weighted by Crippen LogP contribution is -2.01. The summed E-state index contributed by atoms with van der Waals surface area (Å²) in [5, 5.41) is 4.19. The van der Waals surface area contributed by atoms with Crippen molar-refractivity contribution in [2.45, 2.75) is 13.8 Å². The molecule has 1 aromatic heterocycles. The van der Waals surface area contributed by atoms with Gasteiger partial charge >= 0.3 is 0 Å². The number of hydrogen-bond donors (Lipinski definition) is 1. The second kappa shape index (κ2) is 7.79. The third-order valence-corrected chi connectivity index (χ3v) is 4.23. The molecule has 0 amide bonds. The highest BCUT2D eigenvalue weighted by Gasteiger charge is 2.10. The molecular weight excluding hydrogens is 318 g/mol. The van der Waals surface area contributed by atoms with Crippen LogP contribution in [0.4, 0.5) is 5.82 Å². The monoisotopic (exact) mass is 341 g/mol. The molecule has 0 aliphatic rings. The Kier molecular flexibility index (Phi) is 5.28. The summed E-state index contributed by atoms with van der Waals surface area (Å²) >= 11 is 0. The smallest absolute Gasteiger partial charge is 0.162 e. The molecule has 1 heterocycles. The summed E-state index contributed by atoms with van der Waals surface area (Å²) < 4.78 is 0. The van der Waals surface area contributed by atoms with Crippen molar-refractivity contribution in [1.29, 1.82) is 0 Å². The van der Waals surface area contributed by atoms with E-state index in [1.54, 1.807) is 6.08 Å². The van der Waals surface area contributed by atoms with Gasteiger partial charge in [0.1, 0.15) is 5.82 Å². The number of aromatic nitrogens is 2. The molecule has 2 aromatic carbocycles. The van der Waals surface area contributed by atoms with Gasteiger partial charge in [0, 0.05) is 18.0 Å². The van der Waals surface area contributed by atoms with Crippen LogP contribution in [-0.4, -0.2) is 17.0 Å². The number of nitrogens with one attached hydrogen (secondary N) is 1. The van der Waals surface area contributed by atoms with E-state index >= 15 is 0 Å². The van der Waals surface area contributed by atoms with Crippen molar-refractivity contribution in [3.05, 3.63) is 84.7 Å². The van der Waals surface area contributed by atoms with E-state index in [4.69, 9.17) is 4.98 Å². The number of benzene rings is 2. The average molecular weight is 341 g/mol. The SMILES string of the molecule is C=C/C(=C\C=C/C)c1nc(NC)c2ccc(-c3cccc(C)c3)cc2n1. The summed E-state index contributed by atoms with van der Waals surface area (Å²) in [6.45, 7) is 7.98. The van der Waals surface area contributed by atoms with Crippen molar-refractivity contribution < 1.29 is 0 Å². The van der Waals surface area contributed by atoms with Crippen LogP contribution in [0.25, 0.3) is 27.6 Å². The predicted octanol–water partition coefficient (Wildman–Crippen LogP) is 5.79. The summed E-state index contributed by atoms with van der Waals surface area (Å²) in [5.74, 6) is 1.48. The number of allylic oxidation sites excluding steroid dienone is 5. The van der Waals surface area contributed by atoms with Crippen LogP contribution in [0.5, 0.6) is 0 Å². The Morgan fingerprint density at radius 3 is 2.58 bits per heavy atom. The first-order valence-corrected chi connectivity index (χ1v) is 8.68. The highest BCUT2D eigenvalue weighted by Crippen LogP contribution is 2.28. The Labute approximate surface area is 154 Å². The first-order chi connectivity index (χ1) is 12.7. The zero-order chi connectivity index (χ0) is 18.5. The highest BCUT2D eigenvalue weighted by atomic mass is 15.0. The lowest BCUT2D eigenvalue weighted by Gasteiger charge is -2.10. The summed E-state index contributed by atoms with van der Waals surface area (Å²) in [4.78, 5) is 9.46. The minimum atomic E-state index is 0.663. The second-order valence-corrected chi connectivity index (χ2v) is 6.10. The van der Waals surface area contributed by atoms with Crippen molar-refractivity contribution in [2.24, 2.45) is 0 Å². The fourth-order valence-corrected chi connectivity index (χ4v) is 2.89. The molecule has 1 N–H and O–H groups in total. The zero-order valence-electron chi connectivity index (χ0n) is 15.5. The molecule has 0 radical (unpaired) electrons. The van der Waals surface area contributed by atoms with Gasteiger partial charge in [0.15, 0.2) is 5.82 Å². The molecule has 0 saturated carbocycles. The Hall–Kier alpha value is -3.20. The molecule has 3 heteroatoms. The third-order valence-electron chi connectivity index (χ3n) is 4.23. The molecule has 3 rings (SSSR count). The fraction of sp³-hybridized carbons (Fsp3) is 0.130. The molecule has 0 unspecified atom stereocenters. The first-order valence-electron chi connectivity index (χ1n) is 8.68. The zero-order valence-corrected chi connectivity index (χ0v) is 15.5. The number of rotatable bonds is 5. The summed E-state index contributed by atoms with van der Waals surface area (Å²) in [5.41, 5.74) is 5.37. The maximum Gasteiger partial charge on any atom is 0.162 e. The third kappa shape index (κ3) is 3.57. The number of fused-ring (bicyclic) bond motifs is 1. The molecule has 0 fully saturated rings. The minimum Gasteiger partial charge on any atom is -0.373 e. The van der Waals surface area contributed by atoms with Crippen LogP contribution in [0.2, 0.25) is 0 Å². The van der Waals surface area contributed by atoms with Crippen LogP contribution >= 0.6 is 0 Å². The van der Waals surface area contributed by atoms with Gasteiger partial charge < -0.3 is 5.32 Å². The van der Waals surface area contributed by atoms with Crippen molar-refractivity contribution in [3.8, 4) is 11.1 Å². The Morgan fingerprint density at radius 1 is 1.08 bits per heavy atom. The van der Waals surface area contributed by atoms with E-state index in [0.717, 1.165) is 27.9 Å². The Balaban J connectivity index is 2.20. The number of aryl methyl sites for hydroxylation is 1. The number of hydrogen-bond acceptors (Lipinski definition) is 3. The molecule has 0 saturated heterocycles. The van der Waals surface area contributed by atoms with Crippen LogP contribution < -0.4 is 5.32 Å². The van der Waals surface area contributed by atoms with Crippen molar-refractivity contribution >= 4 is 22.3 Å². The van der Waals surface area contributed by atoms with Gasteiger partial charge in [-0.05, 0) is 37.1 Å². The van der Waals surface area contributed by atoms with Gasteiger partial charge in [-0.15, -0.1) is 0 Å². The van der Waals surface area contributed by atoms with Crippen LogP contribution in [0.1, 0.15) is 18.3 Å².